The van der Waals surface area contributed by atoms with Crippen molar-refractivity contribution in [3.05, 3.63) is 60.2 Å². The van der Waals surface area contributed by atoms with Crippen LogP contribution in [0.5, 0.6) is 5.75 Å². The number of carbonyl (C=O) groups excluding carboxylic acids is 1. The summed E-state index contributed by atoms with van der Waals surface area (Å²) in [5.74, 6) is 0.322. The number of nitrogens with one attached hydrogen (secondary N) is 2. The molecule has 5 nitrogen and oxygen atoms in total. The van der Waals surface area contributed by atoms with E-state index in [-0.39, 0.29) is 42.3 Å². The summed E-state index contributed by atoms with van der Waals surface area (Å²) in [7, 11) is 0. The van der Waals surface area contributed by atoms with Crippen molar-refractivity contribution >= 4 is 18.3 Å². The summed E-state index contributed by atoms with van der Waals surface area (Å²) < 4.78 is 18.5. The van der Waals surface area contributed by atoms with Gasteiger partial charge in [0.05, 0.1) is 12.1 Å². The maximum atomic E-state index is 12.8. The summed E-state index contributed by atoms with van der Waals surface area (Å²) >= 11 is 0. The Bertz CT molecular complexity index is 754. The van der Waals surface area contributed by atoms with Gasteiger partial charge in [0.1, 0.15) is 11.9 Å². The zero-order valence-corrected chi connectivity index (χ0v) is 15.6. The molecule has 1 aliphatic carbocycles. The highest BCUT2D eigenvalue weighted by Gasteiger charge is 2.38. The minimum atomic E-state index is -0.519. The van der Waals surface area contributed by atoms with Gasteiger partial charge in [-0.25, -0.2) is 4.98 Å². The van der Waals surface area contributed by atoms with Gasteiger partial charge in [0.15, 0.2) is 0 Å². The number of rotatable bonds is 5. The van der Waals surface area contributed by atoms with Crippen molar-refractivity contribution < 1.29 is 13.9 Å². The van der Waals surface area contributed by atoms with E-state index < -0.39 is 5.95 Å². The van der Waals surface area contributed by atoms with E-state index in [2.05, 4.69) is 27.8 Å². The van der Waals surface area contributed by atoms with E-state index >= 15 is 0 Å². The molecule has 0 radical (unpaired) electrons. The van der Waals surface area contributed by atoms with Gasteiger partial charge < -0.3 is 15.4 Å². The molecule has 1 saturated heterocycles. The highest BCUT2D eigenvalue weighted by atomic mass is 35.5. The van der Waals surface area contributed by atoms with E-state index in [9.17, 15) is 9.18 Å². The van der Waals surface area contributed by atoms with Crippen LogP contribution in [0, 0.1) is 11.9 Å². The van der Waals surface area contributed by atoms with Crippen molar-refractivity contribution in [2.45, 2.75) is 30.9 Å². The van der Waals surface area contributed by atoms with Crippen LogP contribution in [-0.2, 0) is 4.79 Å². The molecule has 2 aromatic rings. The molecule has 1 aromatic carbocycles. The van der Waals surface area contributed by atoms with Gasteiger partial charge in [-0.1, -0.05) is 30.3 Å². The molecule has 0 spiro atoms. The summed E-state index contributed by atoms with van der Waals surface area (Å²) in [6.45, 7) is 1.54. The SMILES string of the molecule is Cl.O=C(N[C@H]1C[C@H](Oc2ccc(F)nc2)C1)[C@H]1CNC[C@@H]1c1ccccc1. The second kappa shape index (κ2) is 8.67. The smallest absolute Gasteiger partial charge is 0.225 e. The minimum Gasteiger partial charge on any atom is -0.489 e. The number of aromatic nitrogens is 1. The van der Waals surface area contributed by atoms with Crippen LogP contribution in [0.4, 0.5) is 4.39 Å². The summed E-state index contributed by atoms with van der Waals surface area (Å²) in [6.07, 6.45) is 2.95. The van der Waals surface area contributed by atoms with Gasteiger partial charge in [0.2, 0.25) is 11.9 Å². The number of hydrogen-bond acceptors (Lipinski definition) is 4. The highest BCUT2D eigenvalue weighted by molar-refractivity contribution is 5.85. The van der Waals surface area contributed by atoms with Crippen molar-refractivity contribution in [2.24, 2.45) is 5.92 Å². The van der Waals surface area contributed by atoms with Crippen molar-refractivity contribution in [1.82, 2.24) is 15.6 Å². The topological polar surface area (TPSA) is 63.2 Å². The molecule has 2 N–H and O–H groups in total. The molecule has 0 bridgehead atoms. The number of carbonyl (C=O) groups is 1. The minimum absolute atomic E-state index is 0. The van der Waals surface area contributed by atoms with E-state index in [0.29, 0.717) is 12.3 Å². The lowest BCUT2D eigenvalue weighted by Crippen LogP contribution is -2.51. The Morgan fingerprint density at radius 2 is 1.93 bits per heavy atom. The van der Waals surface area contributed by atoms with E-state index in [1.54, 1.807) is 6.07 Å². The largest absolute Gasteiger partial charge is 0.489 e. The predicted molar refractivity (Wildman–Crippen MR) is 103 cm³/mol. The van der Waals surface area contributed by atoms with Gasteiger partial charge in [0, 0.05) is 37.9 Å². The number of pyridine rings is 1. The lowest BCUT2D eigenvalue weighted by Gasteiger charge is -2.36. The van der Waals surface area contributed by atoms with Crippen molar-refractivity contribution in [3.63, 3.8) is 0 Å². The standard InChI is InChI=1S/C20H22FN3O2.ClH/c21-19-7-6-15(10-23-19)26-16-8-14(9-16)24-20(25)18-12-22-11-17(18)13-4-2-1-3-5-13;/h1-7,10,14,16-18,22H,8-9,11-12H2,(H,24,25);1H/t14-,16-,17-,18+;/m1./s1. The predicted octanol–water partition coefficient (Wildman–Crippen LogP) is 2.67. The molecule has 1 aliphatic heterocycles. The number of hydrogen-bond donors (Lipinski definition) is 2. The third kappa shape index (κ3) is 4.57. The first-order valence-electron chi connectivity index (χ1n) is 9.03. The molecule has 2 atom stereocenters. The van der Waals surface area contributed by atoms with E-state index in [1.165, 1.54) is 17.8 Å². The number of benzene rings is 1. The van der Waals surface area contributed by atoms with Crippen LogP contribution in [-0.4, -0.2) is 36.1 Å². The summed E-state index contributed by atoms with van der Waals surface area (Å²) in [4.78, 5) is 16.3. The third-order valence-corrected chi connectivity index (χ3v) is 5.22. The first-order chi connectivity index (χ1) is 12.7. The lowest BCUT2D eigenvalue weighted by molar-refractivity contribution is -0.126. The Kier molecular flexibility index (Phi) is 6.29. The van der Waals surface area contributed by atoms with Crippen LogP contribution < -0.4 is 15.4 Å². The monoisotopic (exact) mass is 391 g/mol. The molecule has 144 valence electrons. The molecule has 7 heteroatoms. The molecule has 1 aromatic heterocycles. The lowest BCUT2D eigenvalue weighted by atomic mass is 9.85. The van der Waals surface area contributed by atoms with Gasteiger partial charge in [0.25, 0.3) is 0 Å². The summed E-state index contributed by atoms with van der Waals surface area (Å²) in [5, 5.41) is 6.48. The van der Waals surface area contributed by atoms with Gasteiger partial charge in [-0.2, -0.15) is 4.39 Å². The normalized spacial score (nSPS) is 26.6. The average molecular weight is 392 g/mol. The summed E-state index contributed by atoms with van der Waals surface area (Å²) in [5.41, 5.74) is 1.20. The molecule has 27 heavy (non-hydrogen) atoms. The van der Waals surface area contributed by atoms with Crippen molar-refractivity contribution in [2.75, 3.05) is 13.1 Å². The van der Waals surface area contributed by atoms with Crippen molar-refractivity contribution in [1.29, 1.82) is 0 Å². The Balaban J connectivity index is 0.00000210. The summed E-state index contributed by atoms with van der Waals surface area (Å²) in [6, 6.07) is 13.2. The van der Waals surface area contributed by atoms with Gasteiger partial charge in [-0.3, -0.25) is 4.79 Å². The average Bonchev–Trinajstić information content (AvgIpc) is 3.12. The van der Waals surface area contributed by atoms with Gasteiger partial charge in [-0.05, 0) is 17.7 Å². The third-order valence-electron chi connectivity index (χ3n) is 5.22. The zero-order valence-electron chi connectivity index (χ0n) is 14.8. The quantitative estimate of drug-likeness (QED) is 0.769. The Labute approximate surface area is 164 Å². The van der Waals surface area contributed by atoms with Gasteiger partial charge >= 0.3 is 0 Å². The van der Waals surface area contributed by atoms with Crippen LogP contribution in [0.3, 0.4) is 0 Å². The van der Waals surface area contributed by atoms with Crippen LogP contribution in [0.25, 0.3) is 0 Å². The number of nitrogens with zero attached hydrogens (tertiary/aromatic N) is 1. The highest BCUT2D eigenvalue weighted by Crippen LogP contribution is 2.30. The maximum Gasteiger partial charge on any atom is 0.225 e. The Morgan fingerprint density at radius 3 is 2.63 bits per heavy atom. The molecular weight excluding hydrogens is 369 g/mol. The van der Waals surface area contributed by atoms with Gasteiger partial charge in [-0.15, -0.1) is 12.4 Å². The second-order valence-corrected chi connectivity index (χ2v) is 7.02. The number of amides is 1. The van der Waals surface area contributed by atoms with Crippen LogP contribution in [0.2, 0.25) is 0 Å². The molecule has 1 amide bonds. The van der Waals surface area contributed by atoms with Crippen LogP contribution in [0.1, 0.15) is 24.3 Å². The first kappa shape index (κ1) is 19.6. The molecule has 4 rings (SSSR count). The molecular formula is C20H23ClFN3O2. The van der Waals surface area contributed by atoms with Crippen LogP contribution >= 0.6 is 12.4 Å². The van der Waals surface area contributed by atoms with E-state index in [4.69, 9.17) is 4.74 Å². The fraction of sp³-hybridized carbons (Fsp3) is 0.400. The Morgan fingerprint density at radius 1 is 1.15 bits per heavy atom. The van der Waals surface area contributed by atoms with E-state index in [0.717, 1.165) is 19.4 Å². The Hall–Kier alpha value is -2.18. The molecule has 2 heterocycles. The molecule has 1 saturated carbocycles. The molecule has 2 aliphatic rings. The molecule has 0 unspecified atom stereocenters. The fourth-order valence-corrected chi connectivity index (χ4v) is 3.72. The van der Waals surface area contributed by atoms with E-state index in [1.807, 2.05) is 18.2 Å². The maximum absolute atomic E-state index is 12.8. The van der Waals surface area contributed by atoms with Crippen molar-refractivity contribution in [3.8, 4) is 5.75 Å². The molecule has 2 fully saturated rings. The zero-order chi connectivity index (χ0) is 17.9. The first-order valence-corrected chi connectivity index (χ1v) is 9.03. The van der Waals surface area contributed by atoms with Crippen LogP contribution in [0.15, 0.2) is 48.7 Å². The number of ether oxygens (including phenoxy) is 1. The fourth-order valence-electron chi connectivity index (χ4n) is 3.72. The second-order valence-electron chi connectivity index (χ2n) is 7.02. The number of halogens is 2.